The van der Waals surface area contributed by atoms with Crippen LogP contribution >= 0.6 is 27.5 Å². The van der Waals surface area contributed by atoms with Crippen LogP contribution in [-0.2, 0) is 0 Å². The van der Waals surface area contributed by atoms with Gasteiger partial charge < -0.3 is 0 Å². The number of rotatable bonds is 0. The fourth-order valence-corrected chi connectivity index (χ4v) is 2.62. The summed E-state index contributed by atoms with van der Waals surface area (Å²) >= 11 is 9.36. The summed E-state index contributed by atoms with van der Waals surface area (Å²) < 4.78 is 0.903. The minimum absolute atomic E-state index is 0.0305. The molecular formula is C15H8BrClO. The standard InChI is InChI=1S/C15H8BrClO/c16-11-4-3-9-1-2-10-7-12(17)5-6-13(10)15(18)14(9)8-11/h1-8H. The summed E-state index contributed by atoms with van der Waals surface area (Å²) in [7, 11) is 0. The molecule has 0 saturated heterocycles. The highest BCUT2D eigenvalue weighted by Gasteiger charge is 2.03. The highest BCUT2D eigenvalue weighted by molar-refractivity contribution is 9.10. The van der Waals surface area contributed by atoms with Crippen molar-refractivity contribution in [1.29, 1.82) is 0 Å². The summed E-state index contributed by atoms with van der Waals surface area (Å²) in [5, 5.41) is 3.82. The fraction of sp³-hybridized carbons (Fsp3) is 0. The van der Waals surface area contributed by atoms with Crippen molar-refractivity contribution in [2.45, 2.75) is 0 Å². The molecule has 88 valence electrons. The summed E-state index contributed by atoms with van der Waals surface area (Å²) in [5.41, 5.74) is 0.0305. The second kappa shape index (κ2) is 4.38. The van der Waals surface area contributed by atoms with E-state index >= 15 is 0 Å². The minimum atomic E-state index is 0.0305. The molecule has 0 spiro atoms. The van der Waals surface area contributed by atoms with Crippen molar-refractivity contribution in [2.24, 2.45) is 0 Å². The molecule has 0 saturated carbocycles. The Hall–Kier alpha value is -1.38. The number of hydrogen-bond donors (Lipinski definition) is 0. The molecule has 3 rings (SSSR count). The van der Waals surface area contributed by atoms with Gasteiger partial charge in [0.25, 0.3) is 0 Å². The topological polar surface area (TPSA) is 17.1 Å². The van der Waals surface area contributed by atoms with Crippen LogP contribution in [0.1, 0.15) is 0 Å². The van der Waals surface area contributed by atoms with Gasteiger partial charge in [0, 0.05) is 20.3 Å². The Morgan fingerprint density at radius 2 is 1.56 bits per heavy atom. The van der Waals surface area contributed by atoms with Gasteiger partial charge in [-0.2, -0.15) is 0 Å². The molecule has 3 aromatic carbocycles. The van der Waals surface area contributed by atoms with E-state index in [1.54, 1.807) is 12.1 Å². The van der Waals surface area contributed by atoms with Crippen molar-refractivity contribution in [2.75, 3.05) is 0 Å². The first-order valence-corrected chi connectivity index (χ1v) is 6.64. The summed E-state index contributed by atoms with van der Waals surface area (Å²) in [6.07, 6.45) is 0. The maximum Gasteiger partial charge on any atom is 0.194 e. The first-order valence-electron chi connectivity index (χ1n) is 5.47. The van der Waals surface area contributed by atoms with E-state index in [0.29, 0.717) is 15.8 Å². The second-order valence-corrected chi connectivity index (χ2v) is 5.48. The van der Waals surface area contributed by atoms with Crippen molar-refractivity contribution in [3.05, 3.63) is 68.2 Å². The summed E-state index contributed by atoms with van der Waals surface area (Å²) in [6.45, 7) is 0. The molecule has 0 radical (unpaired) electrons. The Morgan fingerprint density at radius 3 is 2.39 bits per heavy atom. The van der Waals surface area contributed by atoms with E-state index in [4.69, 9.17) is 11.6 Å². The Bertz CT molecular complexity index is 827. The highest BCUT2D eigenvalue weighted by atomic mass is 79.9. The third-order valence-electron chi connectivity index (χ3n) is 2.96. The lowest BCUT2D eigenvalue weighted by Crippen LogP contribution is -1.97. The molecule has 18 heavy (non-hydrogen) atoms. The first-order chi connectivity index (χ1) is 8.65. The molecule has 0 atom stereocenters. The molecule has 3 aromatic rings. The third-order valence-corrected chi connectivity index (χ3v) is 3.69. The Balaban J connectivity index is 2.61. The quantitative estimate of drug-likeness (QED) is 0.583. The van der Waals surface area contributed by atoms with Crippen molar-refractivity contribution in [3.8, 4) is 0 Å². The van der Waals surface area contributed by atoms with Gasteiger partial charge in [-0.25, -0.2) is 0 Å². The fourth-order valence-electron chi connectivity index (χ4n) is 2.07. The van der Waals surface area contributed by atoms with Gasteiger partial charge in [-0.3, -0.25) is 4.79 Å². The molecule has 0 amide bonds. The zero-order chi connectivity index (χ0) is 12.7. The van der Waals surface area contributed by atoms with Crippen LogP contribution in [0.3, 0.4) is 0 Å². The van der Waals surface area contributed by atoms with Crippen molar-refractivity contribution in [1.82, 2.24) is 0 Å². The van der Waals surface area contributed by atoms with E-state index in [9.17, 15) is 4.79 Å². The second-order valence-electron chi connectivity index (χ2n) is 4.13. The van der Waals surface area contributed by atoms with Gasteiger partial charge in [-0.15, -0.1) is 0 Å². The molecule has 0 aliphatic rings. The normalized spacial score (nSPS) is 11.0. The predicted molar refractivity (Wildman–Crippen MR) is 80.4 cm³/mol. The van der Waals surface area contributed by atoms with E-state index in [1.807, 2.05) is 36.4 Å². The number of hydrogen-bond acceptors (Lipinski definition) is 1. The Morgan fingerprint density at radius 1 is 0.833 bits per heavy atom. The summed E-state index contributed by atoms with van der Waals surface area (Å²) in [6, 6.07) is 14.9. The molecule has 1 nitrogen and oxygen atoms in total. The predicted octanol–water partition coefficient (Wildman–Crippen LogP) is 4.77. The van der Waals surface area contributed by atoms with Crippen molar-refractivity contribution in [3.63, 3.8) is 0 Å². The molecule has 0 N–H and O–H groups in total. The van der Waals surface area contributed by atoms with Gasteiger partial charge in [-0.1, -0.05) is 45.7 Å². The van der Waals surface area contributed by atoms with Crippen molar-refractivity contribution >= 4 is 49.1 Å². The van der Waals surface area contributed by atoms with Crippen LogP contribution in [0.15, 0.2) is 57.8 Å². The number of benzene rings is 2. The van der Waals surface area contributed by atoms with Crippen LogP contribution in [0.2, 0.25) is 5.02 Å². The van der Waals surface area contributed by atoms with Gasteiger partial charge in [0.1, 0.15) is 0 Å². The lowest BCUT2D eigenvalue weighted by Gasteiger charge is -1.94. The van der Waals surface area contributed by atoms with Crippen LogP contribution < -0.4 is 5.43 Å². The first kappa shape index (κ1) is 11.7. The molecule has 0 unspecified atom stereocenters. The minimum Gasteiger partial charge on any atom is -0.289 e. The van der Waals surface area contributed by atoms with Gasteiger partial charge in [0.15, 0.2) is 5.43 Å². The lowest BCUT2D eigenvalue weighted by atomic mass is 10.1. The SMILES string of the molecule is O=c1c2ccc(Cl)cc2ccc2ccc(Br)cc12. The molecule has 0 aliphatic carbocycles. The maximum atomic E-state index is 12.5. The Kier molecular flexibility index (Phi) is 2.84. The Labute approximate surface area is 117 Å². The van der Waals surface area contributed by atoms with E-state index in [1.165, 1.54) is 0 Å². The lowest BCUT2D eigenvalue weighted by molar-refractivity contribution is 1.71. The van der Waals surface area contributed by atoms with Crippen LogP contribution in [0.5, 0.6) is 0 Å². The zero-order valence-electron chi connectivity index (χ0n) is 9.28. The summed E-state index contributed by atoms with van der Waals surface area (Å²) in [5.74, 6) is 0. The van der Waals surface area contributed by atoms with Crippen LogP contribution in [0, 0.1) is 0 Å². The highest BCUT2D eigenvalue weighted by Crippen LogP contribution is 2.21. The largest absolute Gasteiger partial charge is 0.289 e. The zero-order valence-corrected chi connectivity index (χ0v) is 11.6. The van der Waals surface area contributed by atoms with E-state index in [0.717, 1.165) is 15.2 Å². The molecule has 0 bridgehead atoms. The number of halogens is 2. The smallest absolute Gasteiger partial charge is 0.194 e. The van der Waals surface area contributed by atoms with Gasteiger partial charge in [-0.05, 0) is 41.1 Å². The van der Waals surface area contributed by atoms with E-state index in [2.05, 4.69) is 15.9 Å². The molecule has 0 fully saturated rings. The average Bonchev–Trinajstić information content (AvgIpc) is 2.48. The molecule has 0 aliphatic heterocycles. The molecular weight excluding hydrogens is 312 g/mol. The van der Waals surface area contributed by atoms with Gasteiger partial charge in [0.05, 0.1) is 0 Å². The maximum absolute atomic E-state index is 12.5. The molecule has 0 heterocycles. The average molecular weight is 320 g/mol. The van der Waals surface area contributed by atoms with E-state index < -0.39 is 0 Å². The van der Waals surface area contributed by atoms with Crippen LogP contribution in [-0.4, -0.2) is 0 Å². The van der Waals surface area contributed by atoms with Gasteiger partial charge >= 0.3 is 0 Å². The molecule has 0 aromatic heterocycles. The van der Waals surface area contributed by atoms with Gasteiger partial charge in [0.2, 0.25) is 0 Å². The molecule has 3 heteroatoms. The van der Waals surface area contributed by atoms with Crippen LogP contribution in [0.25, 0.3) is 21.5 Å². The van der Waals surface area contributed by atoms with Crippen LogP contribution in [0.4, 0.5) is 0 Å². The van der Waals surface area contributed by atoms with E-state index in [-0.39, 0.29) is 5.43 Å². The summed E-state index contributed by atoms with van der Waals surface area (Å²) in [4.78, 5) is 12.5. The number of fused-ring (bicyclic) bond motifs is 2. The third kappa shape index (κ3) is 1.92. The monoisotopic (exact) mass is 318 g/mol. The van der Waals surface area contributed by atoms with Crippen molar-refractivity contribution < 1.29 is 0 Å².